The fraction of sp³-hybridized carbons (Fsp3) is 0.455. The van der Waals surface area contributed by atoms with Crippen molar-refractivity contribution in [2.75, 3.05) is 19.7 Å². The summed E-state index contributed by atoms with van der Waals surface area (Å²) in [7, 11) is -3.44. The first kappa shape index (κ1) is 12.3. The molecule has 0 spiro atoms. The van der Waals surface area contributed by atoms with Gasteiger partial charge in [-0.2, -0.15) is 0 Å². The van der Waals surface area contributed by atoms with E-state index in [1.165, 1.54) is 0 Å². The maximum absolute atomic E-state index is 11.9. The highest BCUT2D eigenvalue weighted by molar-refractivity contribution is 7.89. The molecule has 94 valence electrons. The summed E-state index contributed by atoms with van der Waals surface area (Å²) in [5.41, 5.74) is 6.23. The molecule has 1 aromatic carbocycles. The highest BCUT2D eigenvalue weighted by Gasteiger charge is 2.17. The molecule has 0 unspecified atom stereocenters. The van der Waals surface area contributed by atoms with E-state index >= 15 is 0 Å². The van der Waals surface area contributed by atoms with Crippen LogP contribution in [-0.4, -0.2) is 28.1 Å². The first-order valence-electron chi connectivity index (χ1n) is 5.59. The summed E-state index contributed by atoms with van der Waals surface area (Å²) >= 11 is 0. The van der Waals surface area contributed by atoms with E-state index in [4.69, 9.17) is 10.5 Å². The van der Waals surface area contributed by atoms with Crippen LogP contribution in [0.25, 0.3) is 0 Å². The number of fused-ring (bicyclic) bond motifs is 1. The van der Waals surface area contributed by atoms with Crippen molar-refractivity contribution in [2.24, 2.45) is 5.73 Å². The van der Waals surface area contributed by atoms with Gasteiger partial charge in [-0.25, -0.2) is 13.1 Å². The van der Waals surface area contributed by atoms with E-state index in [0.29, 0.717) is 6.61 Å². The SMILES string of the molecule is NCCNS(=O)(=O)c1ccc2c(c1)CCCO2. The van der Waals surface area contributed by atoms with Crippen LogP contribution in [-0.2, 0) is 16.4 Å². The highest BCUT2D eigenvalue weighted by atomic mass is 32.2. The summed E-state index contributed by atoms with van der Waals surface area (Å²) in [5.74, 6) is 0.786. The van der Waals surface area contributed by atoms with Crippen LogP contribution >= 0.6 is 0 Å². The van der Waals surface area contributed by atoms with Crippen molar-refractivity contribution in [3.8, 4) is 5.75 Å². The van der Waals surface area contributed by atoms with E-state index in [1.54, 1.807) is 18.2 Å². The third-order valence-electron chi connectivity index (χ3n) is 2.63. The minimum absolute atomic E-state index is 0.246. The van der Waals surface area contributed by atoms with Gasteiger partial charge in [-0.15, -0.1) is 0 Å². The molecule has 0 amide bonds. The lowest BCUT2D eigenvalue weighted by molar-refractivity contribution is 0.288. The van der Waals surface area contributed by atoms with Crippen LogP contribution in [0.5, 0.6) is 5.75 Å². The molecule has 0 fully saturated rings. The molecule has 1 aliphatic heterocycles. The van der Waals surface area contributed by atoms with E-state index in [1.807, 2.05) is 0 Å². The summed E-state index contributed by atoms with van der Waals surface area (Å²) in [5, 5.41) is 0. The highest BCUT2D eigenvalue weighted by Crippen LogP contribution is 2.27. The minimum atomic E-state index is -3.44. The van der Waals surface area contributed by atoms with Gasteiger partial charge < -0.3 is 10.5 Å². The van der Waals surface area contributed by atoms with Crippen molar-refractivity contribution in [3.05, 3.63) is 23.8 Å². The Morgan fingerprint density at radius 2 is 2.24 bits per heavy atom. The van der Waals surface area contributed by atoms with Crippen molar-refractivity contribution in [3.63, 3.8) is 0 Å². The van der Waals surface area contributed by atoms with E-state index in [2.05, 4.69) is 4.72 Å². The lowest BCUT2D eigenvalue weighted by Gasteiger charge is -2.17. The Kier molecular flexibility index (Phi) is 3.66. The fourth-order valence-corrected chi connectivity index (χ4v) is 2.88. The Balaban J connectivity index is 2.27. The molecular formula is C11H16N2O3S. The van der Waals surface area contributed by atoms with Gasteiger partial charge in [-0.1, -0.05) is 0 Å². The van der Waals surface area contributed by atoms with Crippen LogP contribution < -0.4 is 15.2 Å². The van der Waals surface area contributed by atoms with Crippen LogP contribution in [0.2, 0.25) is 0 Å². The largest absolute Gasteiger partial charge is 0.493 e. The van der Waals surface area contributed by atoms with Crippen molar-refractivity contribution in [2.45, 2.75) is 17.7 Å². The summed E-state index contributed by atoms with van der Waals surface area (Å²) in [6.07, 6.45) is 1.78. The summed E-state index contributed by atoms with van der Waals surface area (Å²) in [4.78, 5) is 0.273. The molecule has 0 radical (unpaired) electrons. The van der Waals surface area contributed by atoms with Gasteiger partial charge in [-0.3, -0.25) is 0 Å². The lowest BCUT2D eigenvalue weighted by atomic mass is 10.1. The van der Waals surface area contributed by atoms with Crippen molar-refractivity contribution in [1.29, 1.82) is 0 Å². The standard InChI is InChI=1S/C11H16N2O3S/c12-5-6-13-17(14,15)10-3-4-11-9(8-10)2-1-7-16-11/h3-4,8,13H,1-2,5-7,12H2. The molecule has 0 saturated carbocycles. The topological polar surface area (TPSA) is 81.4 Å². The molecule has 0 aliphatic carbocycles. The molecular weight excluding hydrogens is 240 g/mol. The minimum Gasteiger partial charge on any atom is -0.493 e. The van der Waals surface area contributed by atoms with Gasteiger partial charge in [0.2, 0.25) is 10.0 Å². The predicted octanol–water partition coefficient (Wildman–Crippen LogP) is 0.249. The first-order chi connectivity index (χ1) is 8.13. The van der Waals surface area contributed by atoms with Gasteiger partial charge in [0.25, 0.3) is 0 Å². The molecule has 17 heavy (non-hydrogen) atoms. The second-order valence-electron chi connectivity index (χ2n) is 3.91. The number of aryl methyl sites for hydroxylation is 1. The zero-order valence-corrected chi connectivity index (χ0v) is 10.3. The monoisotopic (exact) mass is 256 g/mol. The summed E-state index contributed by atoms with van der Waals surface area (Å²) in [6, 6.07) is 4.95. The second kappa shape index (κ2) is 5.03. The molecule has 0 saturated heterocycles. The van der Waals surface area contributed by atoms with Crippen molar-refractivity contribution >= 4 is 10.0 Å². The number of benzene rings is 1. The van der Waals surface area contributed by atoms with Crippen LogP contribution in [0.15, 0.2) is 23.1 Å². The molecule has 1 heterocycles. The predicted molar refractivity (Wildman–Crippen MR) is 64.5 cm³/mol. The number of nitrogens with two attached hydrogens (primary N) is 1. The van der Waals surface area contributed by atoms with Gasteiger partial charge in [0.1, 0.15) is 5.75 Å². The van der Waals surface area contributed by atoms with E-state index in [-0.39, 0.29) is 18.0 Å². The van der Waals surface area contributed by atoms with E-state index < -0.39 is 10.0 Å². The van der Waals surface area contributed by atoms with Crippen LogP contribution in [0.4, 0.5) is 0 Å². The molecule has 3 N–H and O–H groups in total. The molecule has 0 aromatic heterocycles. The second-order valence-corrected chi connectivity index (χ2v) is 5.67. The quantitative estimate of drug-likeness (QED) is 0.809. The Labute approximate surface area is 101 Å². The summed E-state index contributed by atoms with van der Waals surface area (Å²) < 4.78 is 31.6. The Morgan fingerprint density at radius 1 is 1.41 bits per heavy atom. The third-order valence-corrected chi connectivity index (χ3v) is 4.09. The molecule has 2 rings (SSSR count). The number of hydrogen-bond acceptors (Lipinski definition) is 4. The molecule has 1 aliphatic rings. The number of ether oxygens (including phenoxy) is 1. The Morgan fingerprint density at radius 3 is 3.00 bits per heavy atom. The van der Waals surface area contributed by atoms with Gasteiger partial charge in [-0.05, 0) is 36.6 Å². The Bertz CT molecular complexity index is 499. The average molecular weight is 256 g/mol. The molecule has 1 aromatic rings. The summed E-state index contributed by atoms with van der Waals surface area (Å²) in [6.45, 7) is 1.23. The molecule has 0 bridgehead atoms. The molecule has 5 nitrogen and oxygen atoms in total. The third kappa shape index (κ3) is 2.77. The van der Waals surface area contributed by atoms with Crippen LogP contribution in [0.3, 0.4) is 0 Å². The van der Waals surface area contributed by atoms with Crippen molar-refractivity contribution < 1.29 is 13.2 Å². The molecule has 0 atom stereocenters. The van der Waals surface area contributed by atoms with Gasteiger partial charge in [0.15, 0.2) is 0 Å². The van der Waals surface area contributed by atoms with Gasteiger partial charge in [0, 0.05) is 13.1 Å². The van der Waals surface area contributed by atoms with Gasteiger partial charge in [0.05, 0.1) is 11.5 Å². The Hall–Kier alpha value is -1.11. The molecule has 6 heteroatoms. The zero-order chi connectivity index (χ0) is 12.3. The maximum Gasteiger partial charge on any atom is 0.240 e. The average Bonchev–Trinajstić information content (AvgIpc) is 2.36. The van der Waals surface area contributed by atoms with Crippen molar-refractivity contribution in [1.82, 2.24) is 4.72 Å². The van der Waals surface area contributed by atoms with Crippen LogP contribution in [0, 0.1) is 0 Å². The normalized spacial score (nSPS) is 15.1. The lowest BCUT2D eigenvalue weighted by Crippen LogP contribution is -2.29. The van der Waals surface area contributed by atoms with E-state index in [9.17, 15) is 8.42 Å². The number of nitrogens with one attached hydrogen (secondary N) is 1. The van der Waals surface area contributed by atoms with Crippen LogP contribution in [0.1, 0.15) is 12.0 Å². The first-order valence-corrected chi connectivity index (χ1v) is 7.07. The smallest absolute Gasteiger partial charge is 0.240 e. The maximum atomic E-state index is 11.9. The van der Waals surface area contributed by atoms with E-state index in [0.717, 1.165) is 24.2 Å². The van der Waals surface area contributed by atoms with Gasteiger partial charge >= 0.3 is 0 Å². The fourth-order valence-electron chi connectivity index (χ4n) is 1.78. The number of rotatable bonds is 4. The number of hydrogen-bond donors (Lipinski definition) is 2. The zero-order valence-electron chi connectivity index (χ0n) is 9.48. The number of sulfonamides is 1.